The molecule has 0 aliphatic carbocycles. The molecule has 7 heteroatoms. The molecule has 3 rings (SSSR count). The fourth-order valence-corrected chi connectivity index (χ4v) is 5.61. The average molecular weight is 283 g/mol. The highest BCUT2D eigenvalue weighted by molar-refractivity contribution is 7.93. The molecule has 2 aliphatic heterocycles. The van der Waals surface area contributed by atoms with Crippen molar-refractivity contribution >= 4 is 15.7 Å². The van der Waals surface area contributed by atoms with Crippen LogP contribution in [0.5, 0.6) is 0 Å². The molecule has 1 aromatic rings. The van der Waals surface area contributed by atoms with E-state index >= 15 is 0 Å². The number of rotatable bonds is 2. The normalized spacial score (nSPS) is 36.2. The van der Waals surface area contributed by atoms with E-state index in [0.717, 1.165) is 5.69 Å². The number of imidazole rings is 1. The third kappa shape index (κ3) is 1.45. The molecule has 6 nitrogen and oxygen atoms in total. The van der Waals surface area contributed by atoms with Crippen molar-refractivity contribution in [2.24, 2.45) is 0 Å². The van der Waals surface area contributed by atoms with Crippen LogP contribution < -0.4 is 0 Å². The molecule has 0 N–H and O–H groups in total. The zero-order chi connectivity index (χ0) is 14.0. The summed E-state index contributed by atoms with van der Waals surface area (Å²) in [6, 6.07) is -0.300. The van der Waals surface area contributed by atoms with Gasteiger partial charge in [0.25, 0.3) is 0 Å². The number of fused-ring (bicyclic) bond motifs is 1. The van der Waals surface area contributed by atoms with Crippen molar-refractivity contribution in [2.75, 3.05) is 0 Å². The largest absolute Gasteiger partial charge is 0.336 e. The zero-order valence-electron chi connectivity index (χ0n) is 11.2. The predicted octanol–water partition coefficient (Wildman–Crippen LogP) is 0.326. The van der Waals surface area contributed by atoms with Gasteiger partial charge in [0.05, 0.1) is 24.5 Å². The fraction of sp³-hybridized carbons (Fsp3) is 0.667. The Morgan fingerprint density at radius 2 is 2.21 bits per heavy atom. The third-order valence-corrected chi connectivity index (χ3v) is 7.40. The average Bonchev–Trinajstić information content (AvgIpc) is 2.74. The van der Waals surface area contributed by atoms with Gasteiger partial charge in [-0.1, -0.05) is 0 Å². The highest BCUT2D eigenvalue weighted by Gasteiger charge is 2.65. The van der Waals surface area contributed by atoms with Gasteiger partial charge in [0, 0.05) is 12.7 Å². The molecule has 3 atom stereocenters. The SMILES string of the molecule is Cc1cn(C[C@@]2(C)[C@H](C)N3C(=O)CC3S2(=O)=O)cn1. The number of nitrogens with zero attached hydrogens (tertiary/aromatic N) is 3. The Morgan fingerprint density at radius 3 is 2.68 bits per heavy atom. The van der Waals surface area contributed by atoms with Crippen LogP contribution in [-0.4, -0.2) is 44.9 Å². The predicted molar refractivity (Wildman–Crippen MR) is 69.0 cm³/mol. The maximum atomic E-state index is 12.6. The fourth-order valence-electron chi connectivity index (χ4n) is 3.11. The molecule has 0 aromatic carbocycles. The van der Waals surface area contributed by atoms with E-state index in [1.165, 1.54) is 4.90 Å². The van der Waals surface area contributed by atoms with Crippen molar-refractivity contribution in [3.63, 3.8) is 0 Å². The Kier molecular flexibility index (Phi) is 2.39. The summed E-state index contributed by atoms with van der Waals surface area (Å²) in [5.74, 6) is -0.0633. The Labute approximate surface area is 112 Å². The van der Waals surface area contributed by atoms with Crippen LogP contribution in [0.4, 0.5) is 0 Å². The van der Waals surface area contributed by atoms with E-state index in [9.17, 15) is 13.2 Å². The molecule has 3 heterocycles. The molecule has 19 heavy (non-hydrogen) atoms. The van der Waals surface area contributed by atoms with Crippen molar-refractivity contribution in [2.45, 2.75) is 49.9 Å². The lowest BCUT2D eigenvalue weighted by atomic mass is 9.98. The molecule has 0 spiro atoms. The monoisotopic (exact) mass is 283 g/mol. The van der Waals surface area contributed by atoms with E-state index in [1.54, 1.807) is 17.8 Å². The summed E-state index contributed by atoms with van der Waals surface area (Å²) in [4.78, 5) is 17.2. The van der Waals surface area contributed by atoms with E-state index in [2.05, 4.69) is 4.98 Å². The van der Waals surface area contributed by atoms with Gasteiger partial charge < -0.3 is 9.47 Å². The summed E-state index contributed by atoms with van der Waals surface area (Å²) >= 11 is 0. The summed E-state index contributed by atoms with van der Waals surface area (Å²) in [6.07, 6.45) is 3.59. The van der Waals surface area contributed by atoms with Crippen LogP contribution in [0.3, 0.4) is 0 Å². The van der Waals surface area contributed by atoms with Gasteiger partial charge in [-0.3, -0.25) is 4.79 Å². The minimum absolute atomic E-state index is 0.0633. The molecular weight excluding hydrogens is 266 g/mol. The van der Waals surface area contributed by atoms with E-state index in [1.807, 2.05) is 20.0 Å². The Hall–Kier alpha value is -1.37. The number of carbonyl (C=O) groups excluding carboxylic acids is 1. The van der Waals surface area contributed by atoms with Crippen LogP contribution in [-0.2, 0) is 21.2 Å². The first kappa shape index (κ1) is 12.7. The van der Waals surface area contributed by atoms with Crippen molar-refractivity contribution in [3.8, 4) is 0 Å². The Morgan fingerprint density at radius 1 is 1.53 bits per heavy atom. The van der Waals surface area contributed by atoms with Crippen LogP contribution in [0.1, 0.15) is 26.0 Å². The zero-order valence-corrected chi connectivity index (χ0v) is 12.0. The van der Waals surface area contributed by atoms with E-state index in [-0.39, 0.29) is 18.4 Å². The Balaban J connectivity index is 2.00. The molecule has 0 saturated carbocycles. The first-order valence-corrected chi connectivity index (χ1v) is 7.85. The Bertz CT molecular complexity index is 651. The van der Waals surface area contributed by atoms with E-state index in [0.29, 0.717) is 6.54 Å². The topological polar surface area (TPSA) is 72.3 Å². The number of carbonyl (C=O) groups is 1. The summed E-state index contributed by atoms with van der Waals surface area (Å²) in [6.45, 7) is 5.74. The minimum Gasteiger partial charge on any atom is -0.336 e. The standard InChI is InChI=1S/C12H17N3O3S/c1-8-5-14(7-13-8)6-12(3)9(2)15-10(16)4-11(15)19(12,17)18/h5,7,9,11H,4,6H2,1-3H3/t9-,11?,12-/m0/s1. The number of aromatic nitrogens is 2. The van der Waals surface area contributed by atoms with Crippen molar-refractivity contribution in [1.29, 1.82) is 0 Å². The lowest BCUT2D eigenvalue weighted by Gasteiger charge is -2.36. The van der Waals surface area contributed by atoms with Crippen LogP contribution in [0.2, 0.25) is 0 Å². The lowest BCUT2D eigenvalue weighted by molar-refractivity contribution is -0.144. The van der Waals surface area contributed by atoms with E-state index < -0.39 is 20.0 Å². The second-order valence-corrected chi connectivity index (χ2v) is 8.25. The second kappa shape index (κ2) is 3.59. The summed E-state index contributed by atoms with van der Waals surface area (Å²) < 4.78 is 26.1. The van der Waals surface area contributed by atoms with Crippen LogP contribution in [0.25, 0.3) is 0 Å². The molecule has 2 aliphatic rings. The maximum Gasteiger partial charge on any atom is 0.227 e. The first-order valence-electron chi connectivity index (χ1n) is 6.30. The summed E-state index contributed by atoms with van der Waals surface area (Å²) in [5, 5.41) is -0.621. The molecule has 1 unspecified atom stereocenters. The van der Waals surface area contributed by atoms with Crippen LogP contribution in [0.15, 0.2) is 12.5 Å². The van der Waals surface area contributed by atoms with Crippen LogP contribution >= 0.6 is 0 Å². The highest BCUT2D eigenvalue weighted by atomic mass is 32.2. The molecule has 0 bridgehead atoms. The van der Waals surface area contributed by atoms with Crippen molar-refractivity contribution < 1.29 is 13.2 Å². The second-order valence-electron chi connectivity index (χ2n) is 5.68. The van der Waals surface area contributed by atoms with Gasteiger partial charge in [-0.15, -0.1) is 0 Å². The van der Waals surface area contributed by atoms with Gasteiger partial charge in [-0.2, -0.15) is 0 Å². The number of hydrogen-bond acceptors (Lipinski definition) is 4. The van der Waals surface area contributed by atoms with Gasteiger partial charge in [0.1, 0.15) is 10.1 Å². The molecule has 1 amide bonds. The van der Waals surface area contributed by atoms with Crippen molar-refractivity contribution in [3.05, 3.63) is 18.2 Å². The number of β-lactam (4-membered cyclic amide) rings is 1. The number of amides is 1. The molecule has 2 fully saturated rings. The van der Waals surface area contributed by atoms with E-state index in [4.69, 9.17) is 0 Å². The van der Waals surface area contributed by atoms with Gasteiger partial charge in [0.2, 0.25) is 5.91 Å². The highest BCUT2D eigenvalue weighted by Crippen LogP contribution is 2.46. The number of aryl methyl sites for hydroxylation is 1. The molecular formula is C12H17N3O3S. The molecule has 1 aromatic heterocycles. The molecule has 104 valence electrons. The number of sulfone groups is 1. The lowest BCUT2D eigenvalue weighted by Crippen LogP contribution is -2.53. The quantitative estimate of drug-likeness (QED) is 0.733. The van der Waals surface area contributed by atoms with Gasteiger partial charge in [0.15, 0.2) is 9.84 Å². The van der Waals surface area contributed by atoms with Gasteiger partial charge >= 0.3 is 0 Å². The summed E-state index contributed by atoms with van der Waals surface area (Å²) in [7, 11) is -3.34. The number of hydrogen-bond donors (Lipinski definition) is 0. The van der Waals surface area contributed by atoms with Crippen LogP contribution in [0, 0.1) is 6.92 Å². The summed E-state index contributed by atoms with van der Waals surface area (Å²) in [5.41, 5.74) is 0.853. The van der Waals surface area contributed by atoms with Gasteiger partial charge in [-0.05, 0) is 20.8 Å². The first-order chi connectivity index (χ1) is 8.77. The minimum atomic E-state index is -3.34. The third-order valence-electron chi connectivity index (χ3n) is 4.52. The van der Waals surface area contributed by atoms with Gasteiger partial charge in [-0.25, -0.2) is 13.4 Å². The van der Waals surface area contributed by atoms with Crippen molar-refractivity contribution in [1.82, 2.24) is 14.5 Å². The molecule has 0 radical (unpaired) electrons. The maximum absolute atomic E-state index is 12.6. The smallest absolute Gasteiger partial charge is 0.227 e. The molecule has 2 saturated heterocycles.